The number of phenols is 1. The molecule has 0 bridgehead atoms. The molecule has 1 aliphatic rings. The Kier molecular flexibility index (Phi) is 17.0. The first-order valence-corrected chi connectivity index (χ1v) is 21.4. The molecule has 288 valence electrons. The van der Waals surface area contributed by atoms with Gasteiger partial charge in [0.15, 0.2) is 5.84 Å². The zero-order valence-corrected chi connectivity index (χ0v) is 34.0. The van der Waals surface area contributed by atoms with Gasteiger partial charge in [-0.1, -0.05) is 143 Å². The smallest absolute Gasteiger partial charge is 0.282 e. The molecular weight excluding hydrogens is 778 g/mol. The predicted molar refractivity (Wildman–Crippen MR) is 220 cm³/mol. The van der Waals surface area contributed by atoms with E-state index in [9.17, 15) is 18.3 Å². The number of amidine groups is 1. The fourth-order valence-electron chi connectivity index (χ4n) is 5.91. The van der Waals surface area contributed by atoms with Crippen molar-refractivity contribution in [3.05, 3.63) is 74.2 Å². The van der Waals surface area contributed by atoms with Crippen LogP contribution in [0.1, 0.15) is 102 Å². The van der Waals surface area contributed by atoms with E-state index in [0.717, 1.165) is 29.8 Å². The molecular formula is C38H48Cl4N6O4S. The van der Waals surface area contributed by atoms with Gasteiger partial charge in [0.05, 0.1) is 32.2 Å². The van der Waals surface area contributed by atoms with Crippen LogP contribution in [-0.2, 0) is 14.8 Å². The molecule has 53 heavy (non-hydrogen) atoms. The lowest BCUT2D eigenvalue weighted by molar-refractivity contribution is -0.117. The minimum absolute atomic E-state index is 0.00251. The van der Waals surface area contributed by atoms with E-state index < -0.39 is 22.0 Å². The standard InChI is InChI=1S/C38H48Cl4N6O4S/c1-3-4-5-6-7-8-9-10-11-12-13-14-15-16-21-53(51,52)47-28-18-19-29(40)32(25-28)43-37-35(45-44-33-22-26(2)17-20-34(33)49)38(50)48(46-37)36-30(41)23-27(39)24-31(36)42/h17-20,22-25,35,47,49H,3-16,21H2,1-2H3,(H,43,46)/b45-44+. The third-order valence-corrected chi connectivity index (χ3v) is 11.3. The minimum atomic E-state index is -3.64. The molecule has 0 saturated carbocycles. The summed E-state index contributed by atoms with van der Waals surface area (Å²) < 4.78 is 28.6. The quantitative estimate of drug-likeness (QED) is 0.0726. The van der Waals surface area contributed by atoms with Gasteiger partial charge in [0.2, 0.25) is 16.1 Å². The molecule has 0 radical (unpaired) electrons. The Bertz CT molecular complexity index is 1850. The van der Waals surface area contributed by atoms with Crippen LogP contribution in [0.4, 0.5) is 22.7 Å². The van der Waals surface area contributed by atoms with Crippen LogP contribution >= 0.6 is 46.4 Å². The first kappa shape index (κ1) is 42.6. The largest absolute Gasteiger partial charge is 0.506 e. The zero-order valence-electron chi connectivity index (χ0n) is 30.2. The van der Waals surface area contributed by atoms with E-state index in [4.69, 9.17) is 46.4 Å². The maximum atomic E-state index is 13.8. The number of anilines is 3. The summed E-state index contributed by atoms with van der Waals surface area (Å²) >= 11 is 25.5. The highest BCUT2D eigenvalue weighted by Gasteiger charge is 2.39. The predicted octanol–water partition coefficient (Wildman–Crippen LogP) is 12.5. The SMILES string of the molecule is CCCCCCCCCCCCCCCCS(=O)(=O)Nc1ccc(Cl)c(NC2=NN(c3c(Cl)cc(Cl)cc3Cl)C(=O)C2/N=N/c2cc(C)ccc2O)c1. The molecule has 15 heteroatoms. The van der Waals surface area contributed by atoms with E-state index in [1.165, 1.54) is 94.5 Å². The number of carbonyl (C=O) groups excluding carboxylic acids is 1. The summed E-state index contributed by atoms with van der Waals surface area (Å²) in [4.78, 5) is 13.8. The van der Waals surface area contributed by atoms with Crippen LogP contribution in [0.5, 0.6) is 5.75 Å². The second-order valence-electron chi connectivity index (χ2n) is 13.3. The average molecular weight is 827 g/mol. The number of azo groups is 1. The lowest BCUT2D eigenvalue weighted by Crippen LogP contribution is -2.33. The molecule has 0 aromatic heterocycles. The average Bonchev–Trinajstić information content (AvgIpc) is 3.39. The fraction of sp³-hybridized carbons (Fsp3) is 0.474. The van der Waals surface area contributed by atoms with Gasteiger partial charge in [-0.05, 0) is 61.4 Å². The van der Waals surface area contributed by atoms with Gasteiger partial charge in [0.1, 0.15) is 17.1 Å². The van der Waals surface area contributed by atoms with E-state index >= 15 is 0 Å². The van der Waals surface area contributed by atoms with E-state index in [-0.39, 0.29) is 60.2 Å². The van der Waals surface area contributed by atoms with Gasteiger partial charge in [-0.15, -0.1) is 5.10 Å². The minimum Gasteiger partial charge on any atom is -0.506 e. The van der Waals surface area contributed by atoms with Crippen LogP contribution < -0.4 is 15.0 Å². The van der Waals surface area contributed by atoms with Crippen molar-refractivity contribution in [2.24, 2.45) is 15.3 Å². The number of hydrogen-bond acceptors (Lipinski definition) is 8. The highest BCUT2D eigenvalue weighted by atomic mass is 35.5. The third kappa shape index (κ3) is 13.3. The molecule has 0 aliphatic carbocycles. The number of rotatable bonds is 21. The first-order valence-electron chi connectivity index (χ1n) is 18.2. The number of aryl methyl sites for hydroxylation is 1. The van der Waals surface area contributed by atoms with Crippen LogP contribution in [0.2, 0.25) is 20.1 Å². The van der Waals surface area contributed by atoms with Gasteiger partial charge in [-0.2, -0.15) is 15.2 Å². The molecule has 10 nitrogen and oxygen atoms in total. The normalized spacial score (nSPS) is 14.7. The highest BCUT2D eigenvalue weighted by Crippen LogP contribution is 2.39. The van der Waals surface area contributed by atoms with Crippen LogP contribution in [0.25, 0.3) is 0 Å². The molecule has 1 amide bonds. The van der Waals surface area contributed by atoms with Gasteiger partial charge in [-0.3, -0.25) is 9.52 Å². The fourth-order valence-corrected chi connectivity index (χ4v) is 8.23. The number of hydrogen-bond donors (Lipinski definition) is 3. The van der Waals surface area contributed by atoms with Crippen LogP contribution in [0.15, 0.2) is 63.9 Å². The number of amides is 1. The Balaban J connectivity index is 1.37. The number of hydrazone groups is 1. The highest BCUT2D eigenvalue weighted by molar-refractivity contribution is 7.92. The Morgan fingerprint density at radius 2 is 1.38 bits per heavy atom. The van der Waals surface area contributed by atoms with Gasteiger partial charge in [0.25, 0.3) is 5.91 Å². The number of halogens is 4. The monoisotopic (exact) mass is 824 g/mol. The lowest BCUT2D eigenvalue weighted by Gasteiger charge is -2.15. The molecule has 0 fully saturated rings. The van der Waals surface area contributed by atoms with Crippen molar-refractivity contribution >= 4 is 90.9 Å². The molecule has 4 rings (SSSR count). The van der Waals surface area contributed by atoms with Gasteiger partial charge in [0, 0.05) is 5.02 Å². The molecule has 3 aromatic carbocycles. The van der Waals surface area contributed by atoms with Gasteiger partial charge >= 0.3 is 0 Å². The van der Waals surface area contributed by atoms with Crippen molar-refractivity contribution in [2.75, 3.05) is 20.8 Å². The third-order valence-electron chi connectivity index (χ3n) is 8.78. The van der Waals surface area contributed by atoms with Crippen LogP contribution in [-0.4, -0.2) is 37.1 Å². The summed E-state index contributed by atoms with van der Waals surface area (Å²) in [5.41, 5.74) is 1.57. The Labute approximate surface area is 333 Å². The van der Waals surface area contributed by atoms with Crippen molar-refractivity contribution < 1.29 is 18.3 Å². The summed E-state index contributed by atoms with van der Waals surface area (Å²) in [6, 6.07) is 10.9. The zero-order chi connectivity index (χ0) is 38.4. The van der Waals surface area contributed by atoms with Gasteiger partial charge < -0.3 is 10.4 Å². The molecule has 1 atom stereocenters. The van der Waals surface area contributed by atoms with E-state index in [1.807, 2.05) is 6.92 Å². The second kappa shape index (κ2) is 21.1. The summed E-state index contributed by atoms with van der Waals surface area (Å²) in [5, 5.41) is 27.7. The number of nitrogens with zero attached hydrogens (tertiary/aromatic N) is 4. The molecule has 3 N–H and O–H groups in total. The molecule has 3 aromatic rings. The van der Waals surface area contributed by atoms with Gasteiger partial charge in [-0.25, -0.2) is 8.42 Å². The second-order valence-corrected chi connectivity index (χ2v) is 16.8. The van der Waals surface area contributed by atoms with Crippen molar-refractivity contribution in [1.29, 1.82) is 0 Å². The number of sulfonamides is 1. The number of nitrogens with one attached hydrogen (secondary N) is 2. The maximum absolute atomic E-state index is 13.8. The number of carbonyl (C=O) groups is 1. The number of phenolic OH excluding ortho intramolecular Hbond substituents is 1. The van der Waals surface area contributed by atoms with Crippen LogP contribution in [0, 0.1) is 6.92 Å². The molecule has 1 unspecified atom stereocenters. The summed E-state index contributed by atoms with van der Waals surface area (Å²) in [6.45, 7) is 4.06. The van der Waals surface area contributed by atoms with E-state index in [0.29, 0.717) is 6.42 Å². The molecule has 0 saturated heterocycles. The topological polar surface area (TPSA) is 136 Å². The molecule has 0 spiro atoms. The number of aromatic hydroxyl groups is 1. The Morgan fingerprint density at radius 1 is 0.792 bits per heavy atom. The van der Waals surface area contributed by atoms with Crippen LogP contribution in [0.3, 0.4) is 0 Å². The number of benzene rings is 3. The first-order chi connectivity index (χ1) is 25.4. The van der Waals surface area contributed by atoms with E-state index in [2.05, 4.69) is 32.3 Å². The van der Waals surface area contributed by atoms with Crippen molar-refractivity contribution in [3.8, 4) is 5.75 Å². The summed E-state index contributed by atoms with van der Waals surface area (Å²) in [6.07, 6.45) is 16.5. The van der Waals surface area contributed by atoms with Crippen molar-refractivity contribution in [2.45, 2.75) is 110 Å². The Hall–Kier alpha value is -3.09. The van der Waals surface area contributed by atoms with Crippen molar-refractivity contribution in [1.82, 2.24) is 0 Å². The molecule has 1 heterocycles. The Morgan fingerprint density at radius 3 is 1.98 bits per heavy atom. The summed E-state index contributed by atoms with van der Waals surface area (Å²) in [7, 11) is -3.64. The van der Waals surface area contributed by atoms with Crippen molar-refractivity contribution in [3.63, 3.8) is 0 Å². The number of unbranched alkanes of at least 4 members (excludes halogenated alkanes) is 13. The molecule has 1 aliphatic heterocycles. The van der Waals surface area contributed by atoms with E-state index in [1.54, 1.807) is 18.2 Å². The lowest BCUT2D eigenvalue weighted by atomic mass is 10.0. The summed E-state index contributed by atoms with van der Waals surface area (Å²) in [5.74, 6) is -0.800. The maximum Gasteiger partial charge on any atom is 0.282 e.